The van der Waals surface area contributed by atoms with Gasteiger partial charge in [-0.3, -0.25) is 10.1 Å². The number of thiol groups is 1. The van der Waals surface area contributed by atoms with Gasteiger partial charge in [-0.05, 0) is 17.5 Å². The highest BCUT2D eigenvalue weighted by Crippen LogP contribution is 2.10. The van der Waals surface area contributed by atoms with E-state index in [0.29, 0.717) is 4.88 Å². The number of hydrogen-bond acceptors (Lipinski definition) is 6. The lowest BCUT2D eigenvalue weighted by molar-refractivity contribution is -0.136. The Balaban J connectivity index is 2.97. The molecular weight excluding hydrogens is 264 g/mol. The first-order valence-electron chi connectivity index (χ1n) is 4.38. The van der Waals surface area contributed by atoms with Crippen molar-refractivity contribution in [2.75, 3.05) is 7.11 Å². The average molecular weight is 274 g/mol. The first-order valence-corrected chi connectivity index (χ1v) is 6.43. The Labute approximate surface area is 104 Å². The van der Waals surface area contributed by atoms with Crippen LogP contribution in [0.5, 0.6) is 0 Å². The van der Waals surface area contributed by atoms with E-state index in [-0.39, 0.29) is 11.4 Å². The summed E-state index contributed by atoms with van der Waals surface area (Å²) in [6.45, 7) is 0. The molecule has 0 saturated heterocycles. The van der Waals surface area contributed by atoms with E-state index in [9.17, 15) is 13.2 Å². The predicted octanol–water partition coefficient (Wildman–Crippen LogP) is 0.289. The third kappa shape index (κ3) is 4.00. The molecule has 1 heterocycles. The fourth-order valence-electron chi connectivity index (χ4n) is 0.992. The Morgan fingerprint density at radius 1 is 1.59 bits per heavy atom. The average Bonchev–Trinajstić information content (AvgIpc) is 2.79. The number of rotatable bonds is 5. The monoisotopic (exact) mass is 274 g/mol. The number of thiophene rings is 1. The Bertz CT molecular complexity index is 509. The number of carbonyl (C=O) groups is 1. The van der Waals surface area contributed by atoms with E-state index < -0.39 is 16.9 Å². The fourth-order valence-corrected chi connectivity index (χ4v) is 1.99. The van der Waals surface area contributed by atoms with Crippen LogP contribution < -0.4 is 4.72 Å². The van der Waals surface area contributed by atoms with Crippen molar-refractivity contribution in [3.8, 4) is 0 Å². The summed E-state index contributed by atoms with van der Waals surface area (Å²) in [4.78, 5) is 11.9. The Hall–Kier alpha value is -1.67. The first kappa shape index (κ1) is 13.4. The van der Waals surface area contributed by atoms with E-state index in [2.05, 4.69) is 4.74 Å². The number of methoxy groups -OCH3 is 1. The van der Waals surface area contributed by atoms with Crippen LogP contribution in [0, 0.1) is 5.41 Å². The van der Waals surface area contributed by atoms with Crippen molar-refractivity contribution < 1.29 is 17.9 Å². The van der Waals surface area contributed by atoms with Gasteiger partial charge < -0.3 is 4.74 Å². The molecule has 0 fully saturated rings. The van der Waals surface area contributed by atoms with E-state index in [1.165, 1.54) is 11.3 Å². The molecule has 0 aliphatic rings. The number of allylic oxidation sites excluding steroid dienone is 1. The maximum Gasteiger partial charge on any atom is 0.355 e. The van der Waals surface area contributed by atoms with Crippen molar-refractivity contribution >= 4 is 33.9 Å². The highest BCUT2D eigenvalue weighted by Gasteiger charge is 2.12. The summed E-state index contributed by atoms with van der Waals surface area (Å²) < 4.78 is 27.3. The van der Waals surface area contributed by atoms with Crippen molar-refractivity contribution in [2.24, 2.45) is 0 Å². The molecule has 0 aliphatic heterocycles. The summed E-state index contributed by atoms with van der Waals surface area (Å²) in [5.41, 5.74) is -0.258. The second-order valence-electron chi connectivity index (χ2n) is 2.81. The molecule has 0 atom stereocenters. The summed E-state index contributed by atoms with van der Waals surface area (Å²) >= 11 is 1.31. The van der Waals surface area contributed by atoms with E-state index in [4.69, 9.17) is 5.41 Å². The van der Waals surface area contributed by atoms with Gasteiger partial charge in [-0.2, -0.15) is 0 Å². The summed E-state index contributed by atoms with van der Waals surface area (Å²) in [6.07, 6.45) is 1.11. The third-order valence-electron chi connectivity index (χ3n) is 1.69. The second kappa shape index (κ2) is 6.16. The molecule has 0 unspecified atom stereocenters. The van der Waals surface area contributed by atoms with Crippen molar-refractivity contribution in [3.63, 3.8) is 0 Å². The summed E-state index contributed by atoms with van der Waals surface area (Å²) in [6, 6.07) is 3.44. The molecule has 0 bridgehead atoms. The van der Waals surface area contributed by atoms with Crippen LogP contribution in [0.15, 0.2) is 29.3 Å². The molecule has 2 N–H and O–H groups in total. The van der Waals surface area contributed by atoms with Gasteiger partial charge in [0.25, 0.3) is 0 Å². The molecule has 17 heavy (non-hydrogen) atoms. The minimum absolute atomic E-state index is 0.0322. The lowest BCUT2D eigenvalue weighted by atomic mass is 10.2. The number of hydrogen-bond donors (Lipinski definition) is 3. The van der Waals surface area contributed by atoms with Crippen molar-refractivity contribution in [1.82, 2.24) is 4.72 Å². The number of ether oxygens (including phenoxy) is 1. The van der Waals surface area contributed by atoms with Gasteiger partial charge in [0.1, 0.15) is 5.70 Å². The highest BCUT2D eigenvalue weighted by atomic mass is 32.2. The van der Waals surface area contributed by atoms with Gasteiger partial charge in [-0.1, -0.05) is 6.07 Å². The summed E-state index contributed by atoms with van der Waals surface area (Å²) in [5.74, 6) is -0.842. The zero-order valence-corrected chi connectivity index (χ0v) is 10.5. The van der Waals surface area contributed by atoms with Gasteiger partial charge in [-0.15, -0.1) is 11.3 Å². The quantitative estimate of drug-likeness (QED) is 0.311. The maximum atomic E-state index is 11.2. The van der Waals surface area contributed by atoms with Crippen molar-refractivity contribution in [3.05, 3.63) is 34.2 Å². The van der Waals surface area contributed by atoms with Gasteiger partial charge in [0.2, 0.25) is 10.9 Å². The predicted molar refractivity (Wildman–Crippen MR) is 64.7 cm³/mol. The lowest BCUT2D eigenvalue weighted by Gasteiger charge is -2.03. The smallest absolute Gasteiger partial charge is 0.355 e. The molecule has 0 aromatic carbocycles. The van der Waals surface area contributed by atoms with Crippen LogP contribution in [-0.4, -0.2) is 27.2 Å². The first-order chi connectivity index (χ1) is 8.04. The Morgan fingerprint density at radius 3 is 2.76 bits per heavy atom. The Kier molecular flexibility index (Phi) is 4.85. The molecule has 1 aromatic heterocycles. The molecular formula is C9H10N2O4S2. The van der Waals surface area contributed by atoms with Gasteiger partial charge in [0.15, 0.2) is 0 Å². The Morgan fingerprint density at radius 2 is 2.29 bits per heavy atom. The van der Waals surface area contributed by atoms with Crippen LogP contribution in [0.25, 0.3) is 0 Å². The zero-order chi connectivity index (χ0) is 12.8. The molecule has 0 saturated carbocycles. The van der Waals surface area contributed by atoms with Crippen LogP contribution in [0.1, 0.15) is 4.88 Å². The SMILES string of the molecule is COC(=O)/C(=C/C(=N)c1cccs1)N[SH](=O)=O. The van der Waals surface area contributed by atoms with Crippen LogP contribution in [-0.2, 0) is 20.4 Å². The molecule has 0 spiro atoms. The van der Waals surface area contributed by atoms with Crippen LogP contribution in [0.3, 0.4) is 0 Å². The van der Waals surface area contributed by atoms with Gasteiger partial charge >= 0.3 is 5.97 Å². The number of esters is 1. The summed E-state index contributed by atoms with van der Waals surface area (Å²) in [7, 11) is -1.85. The minimum atomic E-state index is -2.98. The van der Waals surface area contributed by atoms with E-state index in [1.54, 1.807) is 17.5 Å². The molecule has 0 aliphatic carbocycles. The fraction of sp³-hybridized carbons (Fsp3) is 0.111. The minimum Gasteiger partial charge on any atom is -0.464 e. The van der Waals surface area contributed by atoms with E-state index in [1.807, 2.05) is 4.72 Å². The number of carbonyl (C=O) groups excluding carboxylic acids is 1. The normalized spacial score (nSPS) is 11.3. The summed E-state index contributed by atoms with van der Waals surface area (Å²) in [5, 5.41) is 9.45. The van der Waals surface area contributed by atoms with Gasteiger partial charge in [0, 0.05) is 0 Å². The van der Waals surface area contributed by atoms with E-state index in [0.717, 1.165) is 13.2 Å². The molecule has 1 rings (SSSR count). The molecule has 0 amide bonds. The van der Waals surface area contributed by atoms with Crippen molar-refractivity contribution in [2.45, 2.75) is 0 Å². The molecule has 8 heteroatoms. The second-order valence-corrected chi connectivity index (χ2v) is 4.50. The highest BCUT2D eigenvalue weighted by molar-refractivity contribution is 7.70. The standard InChI is InChI=1S/C9H10N2O4S2/c1-15-9(12)7(11-17(13)14)5-6(10)8-3-2-4-16-8/h2-5,10,17H,1H3,(H,11,13,14)/b7-5-,10-6?. The van der Waals surface area contributed by atoms with Crippen LogP contribution in [0.2, 0.25) is 0 Å². The van der Waals surface area contributed by atoms with Crippen LogP contribution in [0.4, 0.5) is 0 Å². The molecule has 0 radical (unpaired) electrons. The van der Waals surface area contributed by atoms with Gasteiger partial charge in [0.05, 0.1) is 17.7 Å². The van der Waals surface area contributed by atoms with Crippen molar-refractivity contribution in [1.29, 1.82) is 5.41 Å². The number of nitrogens with one attached hydrogen (secondary N) is 2. The molecule has 6 nitrogen and oxygen atoms in total. The zero-order valence-electron chi connectivity index (χ0n) is 8.80. The molecule has 92 valence electrons. The third-order valence-corrected chi connectivity index (χ3v) is 3.02. The lowest BCUT2D eigenvalue weighted by Crippen LogP contribution is -2.21. The van der Waals surface area contributed by atoms with E-state index >= 15 is 0 Å². The maximum absolute atomic E-state index is 11.2. The topological polar surface area (TPSA) is 96.3 Å². The molecule has 1 aromatic rings. The van der Waals surface area contributed by atoms with Gasteiger partial charge in [-0.25, -0.2) is 13.2 Å². The largest absolute Gasteiger partial charge is 0.464 e. The van der Waals surface area contributed by atoms with Crippen LogP contribution >= 0.6 is 11.3 Å².